The Morgan fingerprint density at radius 2 is 1.70 bits per heavy atom. The molecule has 156 valence electrons. The molecule has 0 spiro atoms. The number of ether oxygens (including phenoxy) is 2. The molecule has 0 unspecified atom stereocenters. The van der Waals surface area contributed by atoms with Gasteiger partial charge in [0, 0.05) is 19.5 Å². The third-order valence-electron chi connectivity index (χ3n) is 5.50. The van der Waals surface area contributed by atoms with Crippen LogP contribution >= 0.6 is 0 Å². The lowest BCUT2D eigenvalue weighted by molar-refractivity contribution is -0.132. The molecule has 1 aromatic heterocycles. The zero-order valence-corrected chi connectivity index (χ0v) is 16.9. The van der Waals surface area contributed by atoms with Crippen LogP contribution in [0.15, 0.2) is 46.0 Å². The van der Waals surface area contributed by atoms with E-state index in [-0.39, 0.29) is 30.0 Å². The maximum Gasteiger partial charge on any atom is 0.273 e. The van der Waals surface area contributed by atoms with Gasteiger partial charge in [-0.15, -0.1) is 0 Å². The second kappa shape index (κ2) is 8.06. The van der Waals surface area contributed by atoms with Crippen molar-refractivity contribution in [2.24, 2.45) is 0 Å². The summed E-state index contributed by atoms with van der Waals surface area (Å²) >= 11 is 0. The second-order valence-electron chi connectivity index (χ2n) is 7.23. The molecule has 0 radical (unpaired) electrons. The Bertz CT molecular complexity index is 1230. The van der Waals surface area contributed by atoms with E-state index in [2.05, 4.69) is 5.10 Å². The normalized spacial score (nSPS) is 13.2. The number of aromatic amines is 1. The molecule has 1 aliphatic heterocycles. The number of rotatable bonds is 5. The topological polar surface area (TPSA) is 93.6 Å². The maximum atomic E-state index is 12.8. The zero-order chi connectivity index (χ0) is 21.3. The van der Waals surface area contributed by atoms with Crippen molar-refractivity contribution in [3.8, 4) is 11.5 Å². The molecule has 1 amide bonds. The molecule has 1 aliphatic rings. The first kappa shape index (κ1) is 19.8. The molecule has 30 heavy (non-hydrogen) atoms. The van der Waals surface area contributed by atoms with Gasteiger partial charge < -0.3 is 14.4 Å². The predicted octanol–water partition coefficient (Wildman–Crippen LogP) is 1.68. The fourth-order valence-corrected chi connectivity index (χ4v) is 3.87. The van der Waals surface area contributed by atoms with Gasteiger partial charge in [-0.2, -0.15) is 0 Å². The lowest BCUT2D eigenvalue weighted by Gasteiger charge is -2.29. The van der Waals surface area contributed by atoms with Crippen LogP contribution in [0, 0.1) is 0 Å². The summed E-state index contributed by atoms with van der Waals surface area (Å²) in [6.45, 7) is 1.18. The Hall–Kier alpha value is -3.55. The average Bonchev–Trinajstić information content (AvgIpc) is 2.78. The maximum absolute atomic E-state index is 12.8. The van der Waals surface area contributed by atoms with Crippen LogP contribution in [0.4, 0.5) is 0 Å². The summed E-state index contributed by atoms with van der Waals surface area (Å²) in [6, 6.07) is 10.5. The lowest BCUT2D eigenvalue weighted by atomic mass is 9.98. The molecule has 0 bridgehead atoms. The number of carbonyl (C=O) groups excluding carboxylic acids is 1. The molecule has 0 atom stereocenters. The molecule has 0 saturated heterocycles. The molecule has 0 aliphatic carbocycles. The van der Waals surface area contributed by atoms with Crippen LogP contribution < -0.4 is 20.6 Å². The molecule has 3 aromatic rings. The molecule has 2 aromatic carbocycles. The highest BCUT2D eigenvalue weighted by molar-refractivity contribution is 5.80. The van der Waals surface area contributed by atoms with E-state index in [1.807, 2.05) is 12.1 Å². The second-order valence-corrected chi connectivity index (χ2v) is 7.23. The van der Waals surface area contributed by atoms with Gasteiger partial charge in [-0.05, 0) is 41.8 Å². The summed E-state index contributed by atoms with van der Waals surface area (Å²) in [5, 5.41) is 3.27. The number of fused-ring (bicyclic) bond motifs is 2. The predicted molar refractivity (Wildman–Crippen MR) is 112 cm³/mol. The number of H-pyrrole nitrogens is 1. The highest BCUT2D eigenvalue weighted by Gasteiger charge is 2.23. The molecular weight excluding hydrogens is 386 g/mol. The number of methoxy groups -OCH3 is 2. The van der Waals surface area contributed by atoms with E-state index in [1.54, 1.807) is 43.4 Å². The van der Waals surface area contributed by atoms with Crippen molar-refractivity contribution in [1.82, 2.24) is 14.7 Å². The fraction of sp³-hybridized carbons (Fsp3) is 0.318. The Morgan fingerprint density at radius 1 is 1.03 bits per heavy atom. The van der Waals surface area contributed by atoms with Crippen molar-refractivity contribution in [2.45, 2.75) is 25.9 Å². The third kappa shape index (κ3) is 3.56. The number of aromatic nitrogens is 2. The van der Waals surface area contributed by atoms with Gasteiger partial charge in [0.1, 0.15) is 0 Å². The number of hydrogen-bond donors (Lipinski definition) is 1. The quantitative estimate of drug-likeness (QED) is 0.692. The fourth-order valence-electron chi connectivity index (χ4n) is 3.87. The minimum absolute atomic E-state index is 0.0728. The Kier molecular flexibility index (Phi) is 5.31. The van der Waals surface area contributed by atoms with E-state index >= 15 is 0 Å². The Labute approximate surface area is 172 Å². The number of benzene rings is 2. The SMILES string of the molecule is COc1cc2c(cc1OC)CN(C(=O)CCn1[nH]c(=O)c3ccccc3c1=O)CC2. The van der Waals surface area contributed by atoms with E-state index in [1.165, 1.54) is 4.68 Å². The van der Waals surface area contributed by atoms with Crippen LogP contribution in [0.5, 0.6) is 11.5 Å². The number of carbonyl (C=O) groups is 1. The summed E-state index contributed by atoms with van der Waals surface area (Å²) in [6.07, 6.45) is 0.838. The first-order valence-corrected chi connectivity index (χ1v) is 9.75. The van der Waals surface area contributed by atoms with E-state index in [9.17, 15) is 14.4 Å². The van der Waals surface area contributed by atoms with Gasteiger partial charge in [0.05, 0.1) is 31.5 Å². The van der Waals surface area contributed by atoms with Gasteiger partial charge in [0.2, 0.25) is 5.91 Å². The molecule has 4 rings (SSSR count). The number of amides is 1. The number of aryl methyl sites for hydroxylation is 1. The van der Waals surface area contributed by atoms with Crippen LogP contribution in [0.1, 0.15) is 17.5 Å². The van der Waals surface area contributed by atoms with Gasteiger partial charge in [-0.25, -0.2) is 4.68 Å². The van der Waals surface area contributed by atoms with Crippen molar-refractivity contribution in [3.63, 3.8) is 0 Å². The molecule has 2 heterocycles. The van der Waals surface area contributed by atoms with Gasteiger partial charge in [0.25, 0.3) is 11.1 Å². The summed E-state index contributed by atoms with van der Waals surface area (Å²) < 4.78 is 11.9. The van der Waals surface area contributed by atoms with E-state index in [0.717, 1.165) is 11.1 Å². The first-order valence-electron chi connectivity index (χ1n) is 9.75. The lowest BCUT2D eigenvalue weighted by Crippen LogP contribution is -2.37. The standard InChI is InChI=1S/C22H23N3O5/c1-29-18-11-14-7-9-24(13-15(14)12-19(18)30-2)20(26)8-10-25-22(28)17-6-4-3-5-16(17)21(27)23-25/h3-6,11-12H,7-10,13H2,1-2H3,(H,23,27). The minimum Gasteiger partial charge on any atom is -0.493 e. The van der Waals surface area contributed by atoms with Gasteiger partial charge in [-0.1, -0.05) is 12.1 Å². The minimum atomic E-state index is -0.342. The van der Waals surface area contributed by atoms with Gasteiger partial charge >= 0.3 is 0 Å². The summed E-state index contributed by atoms with van der Waals surface area (Å²) in [5.41, 5.74) is 1.50. The van der Waals surface area contributed by atoms with Crippen LogP contribution in [0.25, 0.3) is 10.8 Å². The Morgan fingerprint density at radius 3 is 2.40 bits per heavy atom. The Balaban J connectivity index is 1.50. The zero-order valence-electron chi connectivity index (χ0n) is 16.9. The average molecular weight is 409 g/mol. The van der Waals surface area contributed by atoms with E-state index < -0.39 is 0 Å². The summed E-state index contributed by atoms with van der Waals surface area (Å²) in [4.78, 5) is 39.4. The first-order chi connectivity index (χ1) is 14.5. The van der Waals surface area contributed by atoms with E-state index in [4.69, 9.17) is 9.47 Å². The van der Waals surface area contributed by atoms with Crippen molar-refractivity contribution in [1.29, 1.82) is 0 Å². The molecule has 8 nitrogen and oxygen atoms in total. The smallest absolute Gasteiger partial charge is 0.273 e. The summed E-state index contributed by atoms with van der Waals surface area (Å²) in [7, 11) is 3.18. The van der Waals surface area contributed by atoms with E-state index in [0.29, 0.717) is 41.8 Å². The third-order valence-corrected chi connectivity index (χ3v) is 5.50. The van der Waals surface area contributed by atoms with Crippen LogP contribution in [-0.4, -0.2) is 41.4 Å². The van der Waals surface area contributed by atoms with Crippen LogP contribution in [0.3, 0.4) is 0 Å². The van der Waals surface area contributed by atoms with Gasteiger partial charge in [0.15, 0.2) is 11.5 Å². The van der Waals surface area contributed by atoms with Crippen molar-refractivity contribution >= 4 is 16.7 Å². The number of nitrogens with zero attached hydrogens (tertiary/aromatic N) is 2. The van der Waals surface area contributed by atoms with Crippen LogP contribution in [0.2, 0.25) is 0 Å². The number of nitrogens with one attached hydrogen (secondary N) is 1. The van der Waals surface area contributed by atoms with Crippen molar-refractivity contribution in [2.75, 3.05) is 20.8 Å². The highest BCUT2D eigenvalue weighted by atomic mass is 16.5. The van der Waals surface area contributed by atoms with Crippen LogP contribution in [-0.2, 0) is 24.3 Å². The highest BCUT2D eigenvalue weighted by Crippen LogP contribution is 2.33. The molecule has 0 saturated carbocycles. The molecule has 0 fully saturated rings. The summed E-state index contributed by atoms with van der Waals surface area (Å²) in [5.74, 6) is 1.23. The molecular formula is C22H23N3O5. The molecule has 1 N–H and O–H groups in total. The van der Waals surface area contributed by atoms with Crippen molar-refractivity contribution in [3.05, 3.63) is 68.2 Å². The monoisotopic (exact) mass is 409 g/mol. The van der Waals surface area contributed by atoms with Gasteiger partial charge in [-0.3, -0.25) is 19.5 Å². The molecule has 8 heteroatoms. The largest absolute Gasteiger partial charge is 0.493 e. The number of hydrogen-bond acceptors (Lipinski definition) is 5. The van der Waals surface area contributed by atoms with Crippen molar-refractivity contribution < 1.29 is 14.3 Å².